The topological polar surface area (TPSA) is 50.4 Å². The molecule has 1 aromatic carbocycles. The first-order valence-electron chi connectivity index (χ1n) is 7.92. The normalized spacial score (nSPS) is 16.2. The number of thioether (sulfide) groups is 1. The molecule has 0 atom stereocenters. The number of piperidine rings is 1. The van der Waals surface area contributed by atoms with Gasteiger partial charge in [-0.1, -0.05) is 23.7 Å². The van der Waals surface area contributed by atoms with Crippen molar-refractivity contribution in [2.45, 2.75) is 18.6 Å². The summed E-state index contributed by atoms with van der Waals surface area (Å²) in [5.74, 6) is 1.39. The predicted molar refractivity (Wildman–Crippen MR) is 104 cm³/mol. The van der Waals surface area contributed by atoms with Crippen molar-refractivity contribution in [1.82, 2.24) is 10.6 Å². The summed E-state index contributed by atoms with van der Waals surface area (Å²) < 4.78 is 5.37. The Morgan fingerprint density at radius 1 is 1.33 bits per heavy atom. The van der Waals surface area contributed by atoms with E-state index in [9.17, 15) is 4.79 Å². The number of hydrogen-bond donors (Lipinski definition) is 2. The SMILES string of the molecule is COCC1(CNC(=O)CSCc2ccc(Cl)cc2)CCNCC1.Cl. The van der Waals surface area contributed by atoms with E-state index < -0.39 is 0 Å². The van der Waals surface area contributed by atoms with Gasteiger partial charge in [0.15, 0.2) is 0 Å². The van der Waals surface area contributed by atoms with Crippen LogP contribution in [0.3, 0.4) is 0 Å². The van der Waals surface area contributed by atoms with Crippen LogP contribution in [0, 0.1) is 5.41 Å². The minimum absolute atomic E-state index is 0. The van der Waals surface area contributed by atoms with Crippen LogP contribution in [0.5, 0.6) is 0 Å². The van der Waals surface area contributed by atoms with E-state index in [1.165, 1.54) is 5.56 Å². The second kappa shape index (κ2) is 11.2. The van der Waals surface area contributed by atoms with Gasteiger partial charge in [-0.15, -0.1) is 24.2 Å². The number of benzene rings is 1. The van der Waals surface area contributed by atoms with E-state index in [4.69, 9.17) is 16.3 Å². The third kappa shape index (κ3) is 7.19. The number of ether oxygens (including phenoxy) is 1. The summed E-state index contributed by atoms with van der Waals surface area (Å²) in [7, 11) is 1.73. The summed E-state index contributed by atoms with van der Waals surface area (Å²) >= 11 is 7.48. The minimum Gasteiger partial charge on any atom is -0.384 e. The lowest BCUT2D eigenvalue weighted by atomic mass is 9.79. The molecule has 0 radical (unpaired) electrons. The minimum atomic E-state index is 0. The molecule has 0 unspecified atom stereocenters. The van der Waals surface area contributed by atoms with Crippen LogP contribution in [0.25, 0.3) is 0 Å². The lowest BCUT2D eigenvalue weighted by Crippen LogP contribution is -2.47. The van der Waals surface area contributed by atoms with Gasteiger partial charge in [0.1, 0.15) is 0 Å². The number of carbonyl (C=O) groups excluding carboxylic acids is 1. The molecule has 1 amide bonds. The number of nitrogens with one attached hydrogen (secondary N) is 2. The van der Waals surface area contributed by atoms with Crippen LogP contribution < -0.4 is 10.6 Å². The van der Waals surface area contributed by atoms with Crippen LogP contribution in [-0.2, 0) is 15.3 Å². The van der Waals surface area contributed by atoms with Gasteiger partial charge in [-0.05, 0) is 43.6 Å². The van der Waals surface area contributed by atoms with Crippen LogP contribution in [0.2, 0.25) is 5.02 Å². The molecular weight excluding hydrogens is 367 g/mol. The van der Waals surface area contributed by atoms with Crippen LogP contribution in [-0.4, -0.2) is 45.0 Å². The largest absolute Gasteiger partial charge is 0.384 e. The third-order valence-electron chi connectivity index (χ3n) is 4.19. The molecule has 1 aliphatic rings. The monoisotopic (exact) mass is 392 g/mol. The molecule has 7 heteroatoms. The molecule has 0 spiro atoms. The zero-order valence-corrected chi connectivity index (χ0v) is 16.4. The molecule has 2 N–H and O–H groups in total. The van der Waals surface area contributed by atoms with Gasteiger partial charge in [-0.3, -0.25) is 4.79 Å². The van der Waals surface area contributed by atoms with E-state index >= 15 is 0 Å². The van der Waals surface area contributed by atoms with Gasteiger partial charge >= 0.3 is 0 Å². The first-order chi connectivity index (χ1) is 11.1. The average Bonchev–Trinajstić information content (AvgIpc) is 2.56. The molecule has 2 rings (SSSR count). The van der Waals surface area contributed by atoms with Crippen molar-refractivity contribution in [3.63, 3.8) is 0 Å². The molecule has 0 aromatic heterocycles. The standard InChI is InChI=1S/C17H25ClN2O2S.ClH/c1-22-13-17(6-8-19-9-7-17)12-20-16(21)11-23-10-14-2-4-15(18)5-3-14;/h2-5,19H,6-13H2,1H3,(H,20,21);1H. The molecule has 0 saturated carbocycles. The van der Waals surface area contributed by atoms with Crippen LogP contribution in [0.15, 0.2) is 24.3 Å². The molecule has 1 aromatic rings. The quantitative estimate of drug-likeness (QED) is 0.713. The third-order valence-corrected chi connectivity index (χ3v) is 5.45. The molecule has 136 valence electrons. The fraction of sp³-hybridized carbons (Fsp3) is 0.588. The van der Waals surface area contributed by atoms with Crippen molar-refractivity contribution in [3.05, 3.63) is 34.9 Å². The maximum atomic E-state index is 12.1. The van der Waals surface area contributed by atoms with E-state index in [1.54, 1.807) is 18.9 Å². The van der Waals surface area contributed by atoms with Crippen molar-refractivity contribution >= 4 is 41.7 Å². The molecule has 1 heterocycles. The van der Waals surface area contributed by atoms with Gasteiger partial charge in [-0.2, -0.15) is 0 Å². The fourth-order valence-corrected chi connectivity index (χ4v) is 3.76. The summed E-state index contributed by atoms with van der Waals surface area (Å²) in [4.78, 5) is 12.1. The van der Waals surface area contributed by atoms with Gasteiger partial charge in [0.2, 0.25) is 5.91 Å². The van der Waals surface area contributed by atoms with Gasteiger partial charge in [0.05, 0.1) is 12.4 Å². The first kappa shape index (κ1) is 21.6. The second-order valence-corrected chi connectivity index (χ2v) is 7.50. The molecule has 0 bridgehead atoms. The van der Waals surface area contributed by atoms with E-state index in [0.29, 0.717) is 18.9 Å². The molecule has 1 saturated heterocycles. The van der Waals surface area contributed by atoms with Crippen molar-refractivity contribution in [1.29, 1.82) is 0 Å². The predicted octanol–water partition coefficient (Wildman–Crippen LogP) is 3.13. The van der Waals surface area contributed by atoms with Crippen LogP contribution in [0.1, 0.15) is 18.4 Å². The Bertz CT molecular complexity index is 488. The van der Waals surface area contributed by atoms with Crippen LogP contribution in [0.4, 0.5) is 0 Å². The summed E-state index contributed by atoms with van der Waals surface area (Å²) in [6.45, 7) is 3.38. The van der Waals surface area contributed by atoms with E-state index in [0.717, 1.165) is 36.7 Å². The van der Waals surface area contributed by atoms with Crippen molar-refractivity contribution in [2.75, 3.05) is 39.1 Å². The number of rotatable bonds is 8. The molecule has 1 aliphatic heterocycles. The Morgan fingerprint density at radius 2 is 2.00 bits per heavy atom. The second-order valence-electron chi connectivity index (χ2n) is 6.08. The highest BCUT2D eigenvalue weighted by atomic mass is 35.5. The summed E-state index contributed by atoms with van der Waals surface area (Å²) in [6, 6.07) is 7.75. The summed E-state index contributed by atoms with van der Waals surface area (Å²) in [6.07, 6.45) is 2.08. The van der Waals surface area contributed by atoms with Gasteiger partial charge < -0.3 is 15.4 Å². The smallest absolute Gasteiger partial charge is 0.230 e. The van der Waals surface area contributed by atoms with Gasteiger partial charge in [0.25, 0.3) is 0 Å². The zero-order valence-electron chi connectivity index (χ0n) is 14.0. The van der Waals surface area contributed by atoms with Gasteiger partial charge in [0, 0.05) is 29.8 Å². The highest BCUT2D eigenvalue weighted by Gasteiger charge is 2.32. The highest BCUT2D eigenvalue weighted by Crippen LogP contribution is 2.28. The fourth-order valence-electron chi connectivity index (χ4n) is 2.81. The van der Waals surface area contributed by atoms with Crippen LogP contribution >= 0.6 is 35.8 Å². The molecule has 4 nitrogen and oxygen atoms in total. The molecule has 0 aliphatic carbocycles. The van der Waals surface area contributed by atoms with Gasteiger partial charge in [-0.25, -0.2) is 0 Å². The van der Waals surface area contributed by atoms with E-state index in [1.807, 2.05) is 24.3 Å². The highest BCUT2D eigenvalue weighted by molar-refractivity contribution is 7.99. The van der Waals surface area contributed by atoms with E-state index in [-0.39, 0.29) is 23.7 Å². The summed E-state index contributed by atoms with van der Waals surface area (Å²) in [5.41, 5.74) is 1.26. The number of carbonyl (C=O) groups is 1. The Balaban J connectivity index is 0.00000288. The molecular formula is C17H26Cl2N2O2S. The number of amides is 1. The lowest BCUT2D eigenvalue weighted by molar-refractivity contribution is -0.119. The van der Waals surface area contributed by atoms with Crippen molar-refractivity contribution < 1.29 is 9.53 Å². The molecule has 1 fully saturated rings. The summed E-state index contributed by atoms with van der Waals surface area (Å²) in [5, 5.41) is 7.18. The zero-order chi connectivity index (χ0) is 16.5. The molecule has 24 heavy (non-hydrogen) atoms. The number of hydrogen-bond acceptors (Lipinski definition) is 4. The Hall–Kier alpha value is -0.460. The lowest BCUT2D eigenvalue weighted by Gasteiger charge is -2.37. The van der Waals surface area contributed by atoms with Crippen molar-refractivity contribution in [2.24, 2.45) is 5.41 Å². The van der Waals surface area contributed by atoms with E-state index in [2.05, 4.69) is 10.6 Å². The maximum Gasteiger partial charge on any atom is 0.230 e. The Morgan fingerprint density at radius 3 is 2.62 bits per heavy atom. The Kier molecular flexibility index (Phi) is 10.1. The number of methoxy groups -OCH3 is 1. The van der Waals surface area contributed by atoms with Crippen molar-refractivity contribution in [3.8, 4) is 0 Å². The first-order valence-corrected chi connectivity index (χ1v) is 9.45. The maximum absolute atomic E-state index is 12.1. The number of halogens is 2. The Labute approximate surface area is 159 Å². The average molecular weight is 393 g/mol.